The van der Waals surface area contributed by atoms with Gasteiger partial charge < -0.3 is 4.42 Å². The Bertz CT molecular complexity index is 3160. The van der Waals surface area contributed by atoms with Crippen molar-refractivity contribution < 1.29 is 4.42 Å². The molecule has 11 rings (SSSR count). The third-order valence-corrected chi connectivity index (χ3v) is 16.0. The predicted octanol–water partition coefficient (Wildman–Crippen LogP) is 9.58. The summed E-state index contributed by atoms with van der Waals surface area (Å²) in [5.41, 5.74) is 5.73. The quantitative estimate of drug-likeness (QED) is 0.121. The summed E-state index contributed by atoms with van der Waals surface area (Å²) in [6.07, 6.45) is 0. The van der Waals surface area contributed by atoms with Crippen LogP contribution in [0.4, 0.5) is 0 Å². The van der Waals surface area contributed by atoms with Gasteiger partial charge in [-0.05, 0) is 38.9 Å². The summed E-state index contributed by atoms with van der Waals surface area (Å²) < 4.78 is 9.03. The Labute approximate surface area is 330 Å². The Hall–Kier alpha value is -7.41. The number of hydrogen-bond acceptors (Lipinski definition) is 4. The highest BCUT2D eigenvalue weighted by atomic mass is 28.3. The fourth-order valence-electron chi connectivity index (χ4n) is 8.73. The van der Waals surface area contributed by atoms with Crippen molar-refractivity contribution in [3.05, 3.63) is 206 Å². The molecule has 0 unspecified atom stereocenters. The molecule has 57 heavy (non-hydrogen) atoms. The minimum Gasteiger partial charge on any atom is -0.456 e. The topological polar surface area (TPSA) is 56.7 Å². The van der Waals surface area contributed by atoms with Crippen molar-refractivity contribution >= 4 is 72.6 Å². The van der Waals surface area contributed by atoms with E-state index in [9.17, 15) is 0 Å². The van der Waals surface area contributed by atoms with E-state index >= 15 is 0 Å². The van der Waals surface area contributed by atoms with Crippen molar-refractivity contribution in [1.82, 2.24) is 19.5 Å². The second-order valence-electron chi connectivity index (χ2n) is 14.4. The van der Waals surface area contributed by atoms with E-state index < -0.39 is 8.07 Å². The summed E-state index contributed by atoms with van der Waals surface area (Å²) in [6, 6.07) is 72.9. The molecule has 0 bridgehead atoms. The molecule has 0 amide bonds. The molecule has 3 heterocycles. The van der Waals surface area contributed by atoms with Crippen molar-refractivity contribution in [3.63, 3.8) is 0 Å². The minimum atomic E-state index is -3.08. The summed E-state index contributed by atoms with van der Waals surface area (Å²) in [5, 5.41) is 9.44. The summed E-state index contributed by atoms with van der Waals surface area (Å²) in [7, 11) is -3.08. The van der Waals surface area contributed by atoms with Gasteiger partial charge in [0, 0.05) is 32.7 Å². The van der Waals surface area contributed by atoms with Gasteiger partial charge in [-0.3, -0.25) is 4.57 Å². The number of benzene rings is 8. The van der Waals surface area contributed by atoms with E-state index in [4.69, 9.17) is 19.4 Å². The molecule has 268 valence electrons. The first-order chi connectivity index (χ1) is 28.3. The molecule has 11 aromatic rings. The molecule has 0 fully saturated rings. The van der Waals surface area contributed by atoms with E-state index in [0.717, 1.165) is 54.9 Å². The van der Waals surface area contributed by atoms with Gasteiger partial charge in [0.25, 0.3) is 0 Å². The maximum atomic E-state index is 6.86. The molecular weight excluding hydrogens is 713 g/mol. The first kappa shape index (κ1) is 33.0. The predicted molar refractivity (Wildman–Crippen MR) is 236 cm³/mol. The molecule has 0 aliphatic rings. The van der Waals surface area contributed by atoms with Gasteiger partial charge in [0.15, 0.2) is 19.7 Å². The van der Waals surface area contributed by atoms with Gasteiger partial charge in [0.05, 0.1) is 11.0 Å². The lowest BCUT2D eigenvalue weighted by molar-refractivity contribution is 0.671. The number of aromatic nitrogens is 4. The van der Waals surface area contributed by atoms with Crippen molar-refractivity contribution in [3.8, 4) is 28.7 Å². The highest BCUT2D eigenvalue weighted by Crippen LogP contribution is 2.33. The Morgan fingerprint density at radius 1 is 0.386 bits per heavy atom. The van der Waals surface area contributed by atoms with Gasteiger partial charge in [-0.1, -0.05) is 188 Å². The van der Waals surface area contributed by atoms with Gasteiger partial charge >= 0.3 is 0 Å². The van der Waals surface area contributed by atoms with E-state index in [1.807, 2.05) is 24.3 Å². The Kier molecular flexibility index (Phi) is 7.76. The maximum Gasteiger partial charge on any atom is 0.238 e. The van der Waals surface area contributed by atoms with Crippen LogP contribution in [-0.2, 0) is 0 Å². The second-order valence-corrected chi connectivity index (χ2v) is 18.1. The molecule has 0 atom stereocenters. The number of furan rings is 1. The van der Waals surface area contributed by atoms with Crippen molar-refractivity contribution in [1.29, 1.82) is 0 Å². The van der Waals surface area contributed by atoms with E-state index in [1.54, 1.807) is 0 Å². The summed E-state index contributed by atoms with van der Waals surface area (Å²) in [6.45, 7) is 0. The standard InChI is InChI=1S/C51H34N4OSi/c1-4-18-35(19-5-1)49-52-50(54-51(53-49)55-44-30-13-10-26-40(44)41-27-11-14-31-45(41)55)36-20-16-25-39(34-36)57(37-21-6-2-7-22-37,38-23-8-3-9-24-38)47-33-17-29-43-42-28-12-15-32-46(42)56-48(43)47/h1-34H. The largest absolute Gasteiger partial charge is 0.456 e. The first-order valence-corrected chi connectivity index (χ1v) is 21.2. The fourth-order valence-corrected chi connectivity index (χ4v) is 13.6. The number of nitrogens with zero attached hydrogens (tertiary/aromatic N) is 4. The van der Waals surface area contributed by atoms with Crippen LogP contribution in [0, 0.1) is 0 Å². The third-order valence-electron chi connectivity index (χ3n) is 11.2. The van der Waals surface area contributed by atoms with Crippen LogP contribution >= 0.6 is 0 Å². The van der Waals surface area contributed by atoms with Crippen LogP contribution in [0.3, 0.4) is 0 Å². The Morgan fingerprint density at radius 2 is 0.877 bits per heavy atom. The first-order valence-electron chi connectivity index (χ1n) is 19.2. The molecular formula is C51H34N4OSi. The van der Waals surface area contributed by atoms with Crippen molar-refractivity contribution in [2.24, 2.45) is 0 Å². The zero-order chi connectivity index (χ0) is 37.8. The average molecular weight is 747 g/mol. The van der Waals surface area contributed by atoms with E-state index in [2.05, 4.69) is 187 Å². The van der Waals surface area contributed by atoms with Gasteiger partial charge in [0.1, 0.15) is 11.2 Å². The number of hydrogen-bond donors (Lipinski definition) is 0. The molecule has 5 nitrogen and oxygen atoms in total. The number of para-hydroxylation sites is 4. The molecule has 8 aromatic carbocycles. The SMILES string of the molecule is c1ccc(-c2nc(-c3cccc([Si](c4ccccc4)(c4ccccc4)c4cccc5c4oc4ccccc45)c3)nc(-n3c4ccccc4c4ccccc43)n2)cc1. The molecule has 0 radical (unpaired) electrons. The lowest BCUT2D eigenvalue weighted by Crippen LogP contribution is -2.74. The molecule has 0 saturated heterocycles. The zero-order valence-corrected chi connectivity index (χ0v) is 31.8. The summed E-state index contributed by atoms with van der Waals surface area (Å²) in [5.74, 6) is 1.79. The third kappa shape index (κ3) is 5.26. The molecule has 0 saturated carbocycles. The average Bonchev–Trinajstić information content (AvgIpc) is 3.84. The Balaban J connectivity index is 1.21. The fraction of sp³-hybridized carbons (Fsp3) is 0. The highest BCUT2D eigenvalue weighted by molar-refractivity contribution is 7.20. The maximum absolute atomic E-state index is 6.86. The Morgan fingerprint density at radius 3 is 1.54 bits per heavy atom. The molecule has 0 N–H and O–H groups in total. The van der Waals surface area contributed by atoms with Crippen molar-refractivity contribution in [2.45, 2.75) is 0 Å². The van der Waals surface area contributed by atoms with Crippen LogP contribution in [0.15, 0.2) is 211 Å². The van der Waals surface area contributed by atoms with Crippen LogP contribution in [0.1, 0.15) is 0 Å². The molecule has 0 aliphatic carbocycles. The van der Waals surface area contributed by atoms with Crippen LogP contribution < -0.4 is 20.7 Å². The lowest BCUT2D eigenvalue weighted by atomic mass is 10.1. The lowest BCUT2D eigenvalue weighted by Gasteiger charge is -2.34. The smallest absolute Gasteiger partial charge is 0.238 e. The minimum absolute atomic E-state index is 0.573. The highest BCUT2D eigenvalue weighted by Gasteiger charge is 2.44. The molecule has 6 heteroatoms. The molecule has 0 spiro atoms. The van der Waals surface area contributed by atoms with E-state index in [-0.39, 0.29) is 0 Å². The van der Waals surface area contributed by atoms with Crippen LogP contribution in [0.5, 0.6) is 0 Å². The van der Waals surface area contributed by atoms with Gasteiger partial charge in [0.2, 0.25) is 5.95 Å². The summed E-state index contributed by atoms with van der Waals surface area (Å²) in [4.78, 5) is 15.7. The van der Waals surface area contributed by atoms with Gasteiger partial charge in [-0.25, -0.2) is 4.98 Å². The van der Waals surface area contributed by atoms with Crippen LogP contribution in [0.25, 0.3) is 72.5 Å². The zero-order valence-electron chi connectivity index (χ0n) is 30.8. The molecule has 3 aromatic heterocycles. The van der Waals surface area contributed by atoms with Crippen LogP contribution in [-0.4, -0.2) is 27.6 Å². The number of rotatable bonds is 7. The van der Waals surface area contributed by atoms with Gasteiger partial charge in [-0.15, -0.1) is 0 Å². The normalized spacial score (nSPS) is 11.9. The van der Waals surface area contributed by atoms with Crippen LogP contribution in [0.2, 0.25) is 0 Å². The van der Waals surface area contributed by atoms with Gasteiger partial charge in [-0.2, -0.15) is 9.97 Å². The second kappa shape index (κ2) is 13.4. The van der Waals surface area contributed by atoms with E-state index in [1.165, 1.54) is 20.7 Å². The molecule has 0 aliphatic heterocycles. The number of fused-ring (bicyclic) bond motifs is 6. The monoisotopic (exact) mass is 746 g/mol. The van der Waals surface area contributed by atoms with E-state index in [0.29, 0.717) is 17.6 Å². The van der Waals surface area contributed by atoms with Crippen molar-refractivity contribution in [2.75, 3.05) is 0 Å². The summed E-state index contributed by atoms with van der Waals surface area (Å²) >= 11 is 0.